The molecule has 0 spiro atoms. The monoisotopic (exact) mass is 630 g/mol. The second-order valence-electron chi connectivity index (χ2n) is 0.211. The summed E-state index contributed by atoms with van der Waals surface area (Å²) in [7, 11) is 8.06. The van der Waals surface area contributed by atoms with E-state index in [2.05, 4.69) is 21.0 Å². The third-order valence-electron chi connectivity index (χ3n) is 0. The summed E-state index contributed by atoms with van der Waals surface area (Å²) in [4.78, 5) is 0. The Hall–Kier alpha value is 6.52. The fraction of sp³-hybridized carbons (Fsp3) is 0. The van der Waals surface area contributed by atoms with Gasteiger partial charge in [0.1, 0.15) is 0 Å². The van der Waals surface area contributed by atoms with Crippen molar-refractivity contribution in [2.75, 3.05) is 0 Å². The van der Waals surface area contributed by atoms with Crippen molar-refractivity contribution in [3.63, 3.8) is 0 Å². The summed E-state index contributed by atoms with van der Waals surface area (Å²) >= 11 is -1.33. The molecule has 0 heterocycles. The van der Waals surface area contributed by atoms with E-state index in [0.717, 1.165) is 0 Å². The molecule has 0 aliphatic carbocycles. The van der Waals surface area contributed by atoms with E-state index < -0.39 is 27.8 Å². The van der Waals surface area contributed by atoms with E-state index in [0.29, 0.717) is 0 Å². The molecule has 2 nitrogen and oxygen atoms in total. The number of rotatable bonds is 0. The summed E-state index contributed by atoms with van der Waals surface area (Å²) in [5.41, 5.74) is 0. The fourth-order valence-electron chi connectivity index (χ4n) is 0. The smallest absolute Gasteiger partial charge is 2.00 e. The van der Waals surface area contributed by atoms with Gasteiger partial charge in [-0.15, -0.1) is 0 Å². The van der Waals surface area contributed by atoms with Crippen LogP contribution >= 0.6 is 21.0 Å². The third-order valence-corrected chi connectivity index (χ3v) is 0. The molecule has 0 radical (unpaired) electrons. The van der Waals surface area contributed by atoms with Gasteiger partial charge in [0.05, 0.1) is 0 Å². The molecule has 48 valence electrons. The van der Waals surface area contributed by atoms with Crippen molar-refractivity contribution < 1.29 is 8.32 Å². The van der Waals surface area contributed by atoms with Crippen LogP contribution in [0.1, 0.15) is 0 Å². The maximum Gasteiger partial charge on any atom is -2.00 e. The molecule has 0 atom stereocenters. The van der Waals surface area contributed by atoms with Gasteiger partial charge in [-0.2, -0.15) is 0 Å². The van der Waals surface area contributed by atoms with Crippen molar-refractivity contribution in [3.05, 3.63) is 0 Å². The van der Waals surface area contributed by atoms with Crippen molar-refractivity contribution in [1.29, 1.82) is 0 Å². The zero-order valence-corrected chi connectivity index (χ0v) is 24.7. The summed E-state index contributed by atoms with van der Waals surface area (Å²) in [6.45, 7) is 0. The first-order valence-electron chi connectivity index (χ1n) is 0.988. The van der Waals surface area contributed by atoms with Crippen LogP contribution in [0, 0.1) is 0 Å². The predicted molar refractivity (Wildman–Crippen MR) is 63.1 cm³/mol. The van der Waals surface area contributed by atoms with E-state index in [1.165, 1.54) is 0 Å². The van der Waals surface area contributed by atoms with Gasteiger partial charge in [0.15, 0.2) is 0 Å². The quantitative estimate of drug-likeness (QED) is 0.314. The normalized spacial score (nSPS) is 1.45. The molecule has 0 saturated carbocycles. The predicted octanol–water partition coefficient (Wildman–Crippen LogP) is -1.73. The first-order chi connectivity index (χ1) is 2.83. The van der Waals surface area contributed by atoms with Gasteiger partial charge in [-0.3, -0.25) is 0 Å². The van der Waals surface area contributed by atoms with Crippen molar-refractivity contribution in [2.24, 2.45) is 0 Å². The molecule has 0 aliphatic heterocycles. The minimum atomic E-state index is -0.667. The van der Waals surface area contributed by atoms with Crippen LogP contribution in [0.5, 0.6) is 0 Å². The molecule has 11 heavy (non-hydrogen) atoms. The van der Waals surface area contributed by atoms with Gasteiger partial charge in [-0.05, 0) is 0 Å². The molecule has 0 unspecified atom stereocenters. The molecule has 2 N–H and O–H groups in total. The molecule has 0 aromatic carbocycles. The van der Waals surface area contributed by atoms with Crippen molar-refractivity contribution in [2.45, 2.75) is 0 Å². The summed E-state index contributed by atoms with van der Waals surface area (Å²) in [5, 5.41) is 0. The van der Waals surface area contributed by atoms with Gasteiger partial charge in [0.2, 0.25) is 0 Å². The van der Waals surface area contributed by atoms with Crippen LogP contribution < -0.4 is 0 Å². The van der Waals surface area contributed by atoms with Gasteiger partial charge in [-0.1, -0.05) is 0 Å². The minimum Gasteiger partial charge on any atom is -2.00 e. The van der Waals surface area contributed by atoms with Crippen LogP contribution in [0.2, 0.25) is 0 Å². The summed E-state index contributed by atoms with van der Waals surface area (Å²) in [6, 6.07) is 0. The van der Waals surface area contributed by atoms with Gasteiger partial charge in [-0.25, -0.2) is 0 Å². The SMILES string of the molecule is [Ba+2].[Ba+2].[Ba+2].[OH][Al]=[S].[OH][Al]=[S].[S-2].[S-2]. The molecule has 0 aliphatic rings. The Labute approximate surface area is 223 Å². The van der Waals surface area contributed by atoms with Crippen LogP contribution in [-0.4, -0.2) is 183 Å². The molecule has 0 amide bonds. The van der Waals surface area contributed by atoms with Crippen LogP contribution in [-0.2, 0) is 27.0 Å². The standard InChI is InChI=1S/2Al.3Ba.2H2O.4S/h;;;;;2*1H2;;;;/q2*+1;3*+2;;;;;2*-2/p-2. The molecular formula is H2Al2Ba3O2S4+2. The molecule has 0 fully saturated rings. The van der Waals surface area contributed by atoms with Crippen molar-refractivity contribution in [3.8, 4) is 0 Å². The zero-order valence-electron chi connectivity index (χ0n) is 5.80. The minimum absolute atomic E-state index is 0. The maximum absolute atomic E-state index is 7.47. The first-order valence-corrected chi connectivity index (χ1v) is 5.79. The van der Waals surface area contributed by atoms with E-state index in [9.17, 15) is 0 Å². The molecule has 0 rings (SSSR count). The Morgan fingerprint density at radius 1 is 0.727 bits per heavy atom. The summed E-state index contributed by atoms with van der Waals surface area (Å²) < 4.78 is 14.9. The second-order valence-corrected chi connectivity index (χ2v) is 1.90. The Morgan fingerprint density at radius 3 is 0.727 bits per heavy atom. The molecule has 0 aromatic rings. The Balaban J connectivity index is -0.00000000400. The van der Waals surface area contributed by atoms with Crippen molar-refractivity contribution >= 4 is 222 Å². The van der Waals surface area contributed by atoms with E-state index in [-0.39, 0.29) is 174 Å². The number of hydrogen-bond acceptors (Lipinski definition) is 2. The molecular weight excluding hydrogens is 626 g/mol. The van der Waals surface area contributed by atoms with Crippen LogP contribution in [0.15, 0.2) is 0 Å². The maximum atomic E-state index is 7.47. The van der Waals surface area contributed by atoms with E-state index in [1.54, 1.807) is 0 Å². The average molecular weight is 628 g/mol. The Kier molecular flexibility index (Phi) is 215. The van der Waals surface area contributed by atoms with Gasteiger partial charge in [0.25, 0.3) is 0 Å². The van der Waals surface area contributed by atoms with Gasteiger partial charge < -0.3 is 27.0 Å². The third kappa shape index (κ3) is 81.9. The van der Waals surface area contributed by atoms with Crippen LogP contribution in [0.3, 0.4) is 0 Å². The molecule has 0 bridgehead atoms. The van der Waals surface area contributed by atoms with Crippen LogP contribution in [0.4, 0.5) is 0 Å². The molecule has 0 saturated heterocycles. The zero-order chi connectivity index (χ0) is 5.41. The second kappa shape index (κ2) is 54.8. The first kappa shape index (κ1) is 43.2. The van der Waals surface area contributed by atoms with Gasteiger partial charge >= 0.3 is 204 Å². The topological polar surface area (TPSA) is 40.5 Å². The van der Waals surface area contributed by atoms with Crippen molar-refractivity contribution in [1.82, 2.24) is 0 Å². The summed E-state index contributed by atoms with van der Waals surface area (Å²) in [5.74, 6) is 0. The Morgan fingerprint density at radius 2 is 0.727 bits per heavy atom. The van der Waals surface area contributed by atoms with Crippen LogP contribution in [0.25, 0.3) is 0 Å². The molecule has 11 heteroatoms. The fourth-order valence-corrected chi connectivity index (χ4v) is 0. The molecule has 0 aromatic heterocycles. The summed E-state index contributed by atoms with van der Waals surface area (Å²) in [6.07, 6.45) is 0. The number of hydrogen-bond donors (Lipinski definition) is 2. The van der Waals surface area contributed by atoms with E-state index in [1.807, 2.05) is 0 Å². The van der Waals surface area contributed by atoms with Gasteiger partial charge in [0, 0.05) is 0 Å². The van der Waals surface area contributed by atoms with E-state index in [4.69, 9.17) is 8.32 Å². The average Bonchev–Trinajstić information content (AvgIpc) is 1.39. The Bertz CT molecular complexity index is 42.3. The largest absolute Gasteiger partial charge is 2.00 e. The van der Waals surface area contributed by atoms with E-state index >= 15 is 0 Å².